The third-order valence-corrected chi connectivity index (χ3v) is 3.49. The molecule has 0 spiro atoms. The number of aromatic nitrogens is 2. The number of amides is 1. The van der Waals surface area contributed by atoms with Crippen molar-refractivity contribution in [1.29, 1.82) is 0 Å². The smallest absolute Gasteiger partial charge is 0.254 e. The van der Waals surface area contributed by atoms with Gasteiger partial charge in [0.1, 0.15) is 5.82 Å². The number of nitrogens with zero attached hydrogens (tertiary/aromatic N) is 3. The van der Waals surface area contributed by atoms with Crippen LogP contribution in [-0.2, 0) is 13.6 Å². The summed E-state index contributed by atoms with van der Waals surface area (Å²) in [5.74, 6) is 0.802. The number of anilines is 1. The Bertz CT molecular complexity index is 645. The van der Waals surface area contributed by atoms with E-state index in [2.05, 4.69) is 4.98 Å². The van der Waals surface area contributed by atoms with E-state index < -0.39 is 0 Å². The number of nitrogen functional groups attached to an aromatic ring is 1. The molecule has 1 heterocycles. The minimum atomic E-state index is -0.0443. The van der Waals surface area contributed by atoms with Crippen LogP contribution in [0.25, 0.3) is 0 Å². The molecule has 0 bridgehead atoms. The molecule has 0 saturated carbocycles. The topological polar surface area (TPSA) is 64.2 Å². The summed E-state index contributed by atoms with van der Waals surface area (Å²) in [7, 11) is 3.68. The molecule has 0 atom stereocenters. The van der Waals surface area contributed by atoms with Gasteiger partial charge in [0.05, 0.1) is 6.54 Å². The predicted molar refractivity (Wildman–Crippen MR) is 79.3 cm³/mol. The molecule has 0 aliphatic carbocycles. The number of rotatable bonds is 3. The molecule has 1 aromatic heterocycles. The van der Waals surface area contributed by atoms with E-state index in [1.165, 1.54) is 0 Å². The fourth-order valence-corrected chi connectivity index (χ4v) is 2.14. The summed E-state index contributed by atoms with van der Waals surface area (Å²) in [6.45, 7) is 4.33. The standard InChI is InChI=1S/C15H20N4O/c1-10-7-11(2)13(16)8-12(10)15(20)19(4)9-14-17-5-6-18(14)3/h5-8H,9,16H2,1-4H3. The summed E-state index contributed by atoms with van der Waals surface area (Å²) in [6, 6.07) is 3.69. The maximum Gasteiger partial charge on any atom is 0.254 e. The van der Waals surface area contributed by atoms with Crippen LogP contribution >= 0.6 is 0 Å². The molecule has 5 heteroatoms. The third-order valence-electron chi connectivity index (χ3n) is 3.49. The zero-order chi connectivity index (χ0) is 14.9. The van der Waals surface area contributed by atoms with E-state index in [0.717, 1.165) is 17.0 Å². The highest BCUT2D eigenvalue weighted by molar-refractivity contribution is 5.96. The van der Waals surface area contributed by atoms with Crippen molar-refractivity contribution in [1.82, 2.24) is 14.5 Å². The van der Waals surface area contributed by atoms with Gasteiger partial charge in [-0.05, 0) is 31.0 Å². The van der Waals surface area contributed by atoms with Gasteiger partial charge >= 0.3 is 0 Å². The number of carbonyl (C=O) groups is 1. The summed E-state index contributed by atoms with van der Waals surface area (Å²) < 4.78 is 1.90. The second-order valence-electron chi connectivity index (χ2n) is 5.14. The van der Waals surface area contributed by atoms with Crippen LogP contribution in [0.4, 0.5) is 5.69 Å². The van der Waals surface area contributed by atoms with Gasteiger partial charge < -0.3 is 15.2 Å². The zero-order valence-electron chi connectivity index (χ0n) is 12.3. The van der Waals surface area contributed by atoms with Gasteiger partial charge in [-0.1, -0.05) is 6.07 Å². The van der Waals surface area contributed by atoms with Crippen LogP contribution in [0.2, 0.25) is 0 Å². The lowest BCUT2D eigenvalue weighted by Crippen LogP contribution is -2.28. The first kappa shape index (κ1) is 14.1. The van der Waals surface area contributed by atoms with Crippen LogP contribution in [0.1, 0.15) is 27.3 Å². The SMILES string of the molecule is Cc1cc(C)c(C(=O)N(C)Cc2nccn2C)cc1N. The first-order chi connectivity index (χ1) is 9.40. The van der Waals surface area contributed by atoms with Gasteiger partial charge in [-0.2, -0.15) is 0 Å². The van der Waals surface area contributed by atoms with Gasteiger partial charge in [0.25, 0.3) is 5.91 Å². The molecule has 0 radical (unpaired) electrons. The Balaban J connectivity index is 2.23. The highest BCUT2D eigenvalue weighted by Crippen LogP contribution is 2.19. The van der Waals surface area contributed by atoms with E-state index in [4.69, 9.17) is 5.73 Å². The predicted octanol–water partition coefficient (Wildman–Crippen LogP) is 1.89. The van der Waals surface area contributed by atoms with E-state index in [-0.39, 0.29) is 5.91 Å². The molecule has 1 aromatic carbocycles. The molecule has 2 rings (SSSR count). The molecular weight excluding hydrogens is 252 g/mol. The fourth-order valence-electron chi connectivity index (χ4n) is 2.14. The lowest BCUT2D eigenvalue weighted by molar-refractivity contribution is 0.0780. The molecule has 0 aliphatic heterocycles. The van der Waals surface area contributed by atoms with Gasteiger partial charge in [0, 0.05) is 37.7 Å². The average molecular weight is 272 g/mol. The summed E-state index contributed by atoms with van der Waals surface area (Å²) in [4.78, 5) is 18.4. The molecule has 20 heavy (non-hydrogen) atoms. The molecule has 0 unspecified atom stereocenters. The third kappa shape index (κ3) is 2.66. The lowest BCUT2D eigenvalue weighted by Gasteiger charge is -2.19. The summed E-state index contributed by atoms with van der Waals surface area (Å²) >= 11 is 0. The maximum absolute atomic E-state index is 12.5. The van der Waals surface area contributed by atoms with Crippen LogP contribution in [0.15, 0.2) is 24.5 Å². The van der Waals surface area contributed by atoms with E-state index >= 15 is 0 Å². The van der Waals surface area contributed by atoms with Crippen molar-refractivity contribution in [3.63, 3.8) is 0 Å². The van der Waals surface area contributed by atoms with Gasteiger partial charge in [0.2, 0.25) is 0 Å². The number of nitrogens with two attached hydrogens (primary N) is 1. The molecule has 106 valence electrons. The summed E-state index contributed by atoms with van der Waals surface area (Å²) in [5.41, 5.74) is 9.12. The highest BCUT2D eigenvalue weighted by atomic mass is 16.2. The van der Waals surface area contributed by atoms with E-state index in [1.54, 1.807) is 24.2 Å². The Morgan fingerprint density at radius 2 is 2.05 bits per heavy atom. The quantitative estimate of drug-likeness (QED) is 0.868. The first-order valence-electron chi connectivity index (χ1n) is 6.48. The zero-order valence-corrected chi connectivity index (χ0v) is 12.3. The second kappa shape index (κ2) is 5.36. The second-order valence-corrected chi connectivity index (χ2v) is 5.14. The summed E-state index contributed by atoms with van der Waals surface area (Å²) in [6.07, 6.45) is 3.59. The van der Waals surface area contributed by atoms with Crippen LogP contribution in [0, 0.1) is 13.8 Å². The number of imidazole rings is 1. The van der Waals surface area contributed by atoms with Crippen molar-refractivity contribution in [2.24, 2.45) is 7.05 Å². The molecular formula is C15H20N4O. The fraction of sp³-hybridized carbons (Fsp3) is 0.333. The van der Waals surface area contributed by atoms with Gasteiger partial charge in [-0.15, -0.1) is 0 Å². The van der Waals surface area contributed by atoms with Gasteiger partial charge in [-0.25, -0.2) is 4.98 Å². The van der Waals surface area contributed by atoms with Crippen molar-refractivity contribution in [2.75, 3.05) is 12.8 Å². The Morgan fingerprint density at radius 1 is 1.35 bits per heavy atom. The van der Waals surface area contributed by atoms with Crippen molar-refractivity contribution in [2.45, 2.75) is 20.4 Å². The van der Waals surface area contributed by atoms with Crippen LogP contribution in [0.5, 0.6) is 0 Å². The molecule has 5 nitrogen and oxygen atoms in total. The van der Waals surface area contributed by atoms with Crippen molar-refractivity contribution in [3.05, 3.63) is 47.0 Å². The Labute approximate surface area is 119 Å². The number of aryl methyl sites for hydroxylation is 3. The monoisotopic (exact) mass is 272 g/mol. The molecule has 0 aliphatic rings. The Hall–Kier alpha value is -2.30. The van der Waals surface area contributed by atoms with E-state index in [1.807, 2.05) is 37.7 Å². The molecule has 2 aromatic rings. The lowest BCUT2D eigenvalue weighted by atomic mass is 10.0. The minimum Gasteiger partial charge on any atom is -0.398 e. The Kier molecular flexibility index (Phi) is 3.79. The average Bonchev–Trinajstić information content (AvgIpc) is 2.78. The number of carbonyl (C=O) groups excluding carboxylic acids is 1. The van der Waals surface area contributed by atoms with Crippen LogP contribution in [0.3, 0.4) is 0 Å². The summed E-state index contributed by atoms with van der Waals surface area (Å²) in [5, 5.41) is 0. The normalized spacial score (nSPS) is 10.6. The van der Waals surface area contributed by atoms with Gasteiger partial charge in [-0.3, -0.25) is 4.79 Å². The minimum absolute atomic E-state index is 0.0443. The van der Waals surface area contributed by atoms with Crippen molar-refractivity contribution >= 4 is 11.6 Å². The molecule has 1 amide bonds. The van der Waals surface area contributed by atoms with E-state index in [0.29, 0.717) is 17.8 Å². The Morgan fingerprint density at radius 3 is 2.65 bits per heavy atom. The molecule has 0 saturated heterocycles. The number of benzene rings is 1. The van der Waals surface area contributed by atoms with E-state index in [9.17, 15) is 4.79 Å². The van der Waals surface area contributed by atoms with Crippen molar-refractivity contribution in [3.8, 4) is 0 Å². The largest absolute Gasteiger partial charge is 0.398 e. The van der Waals surface area contributed by atoms with Crippen LogP contribution < -0.4 is 5.73 Å². The number of hydrogen-bond acceptors (Lipinski definition) is 3. The van der Waals surface area contributed by atoms with Crippen molar-refractivity contribution < 1.29 is 4.79 Å². The molecule has 2 N–H and O–H groups in total. The van der Waals surface area contributed by atoms with Crippen LogP contribution in [-0.4, -0.2) is 27.4 Å². The van der Waals surface area contributed by atoms with Gasteiger partial charge in [0.15, 0.2) is 0 Å². The number of hydrogen-bond donors (Lipinski definition) is 1. The molecule has 0 fully saturated rings. The highest BCUT2D eigenvalue weighted by Gasteiger charge is 2.16. The maximum atomic E-state index is 12.5. The first-order valence-corrected chi connectivity index (χ1v) is 6.48.